The van der Waals surface area contributed by atoms with Crippen molar-refractivity contribution in [3.05, 3.63) is 64.4 Å². The van der Waals surface area contributed by atoms with Crippen molar-refractivity contribution < 1.29 is 22.7 Å². The molecular formula is C27H31N3O6S. The first-order chi connectivity index (χ1) is 17.9. The fourth-order valence-corrected chi connectivity index (χ4v) is 6.40. The highest BCUT2D eigenvalue weighted by molar-refractivity contribution is 7.89. The fourth-order valence-electron chi connectivity index (χ4n) is 4.86. The summed E-state index contributed by atoms with van der Waals surface area (Å²) < 4.78 is 41.6. The van der Waals surface area contributed by atoms with Crippen molar-refractivity contribution in [1.82, 2.24) is 14.2 Å². The zero-order valence-corrected chi connectivity index (χ0v) is 21.6. The monoisotopic (exact) mass is 525 g/mol. The molecule has 2 aromatic carbocycles. The van der Waals surface area contributed by atoms with Gasteiger partial charge in [0.25, 0.3) is 5.91 Å². The van der Waals surface area contributed by atoms with Crippen molar-refractivity contribution in [2.24, 2.45) is 0 Å². The van der Waals surface area contributed by atoms with Crippen molar-refractivity contribution in [2.75, 3.05) is 26.2 Å². The molecule has 1 N–H and O–H groups in total. The van der Waals surface area contributed by atoms with E-state index in [0.717, 1.165) is 25.7 Å². The number of nitrogens with zero attached hydrogens (tertiary/aromatic N) is 2. The second-order valence-electron chi connectivity index (χ2n) is 9.36. The van der Waals surface area contributed by atoms with Gasteiger partial charge in [0.15, 0.2) is 11.5 Å². The third kappa shape index (κ3) is 5.08. The number of carbonyl (C=O) groups is 1. The molecule has 0 aliphatic carbocycles. The normalized spacial score (nSPS) is 18.4. The molecule has 1 aromatic heterocycles. The first-order valence-corrected chi connectivity index (χ1v) is 14.2. The van der Waals surface area contributed by atoms with Gasteiger partial charge in [-0.2, -0.15) is 4.31 Å². The maximum atomic E-state index is 13.4. The van der Waals surface area contributed by atoms with Crippen molar-refractivity contribution >= 4 is 26.8 Å². The first kappa shape index (κ1) is 25.3. The second kappa shape index (κ2) is 10.5. The number of aryl methyl sites for hydroxylation is 1. The number of carbonyl (C=O) groups excluding carboxylic acids is 1. The van der Waals surface area contributed by atoms with E-state index in [-0.39, 0.29) is 29.0 Å². The molecule has 9 nitrogen and oxygen atoms in total. The van der Waals surface area contributed by atoms with Crippen LogP contribution in [0.15, 0.2) is 58.4 Å². The third-order valence-corrected chi connectivity index (χ3v) is 8.79. The maximum absolute atomic E-state index is 13.4. The molecule has 1 unspecified atom stereocenters. The Hall–Kier alpha value is -3.37. The lowest BCUT2D eigenvalue weighted by Crippen LogP contribution is -2.41. The molecule has 0 radical (unpaired) electrons. The number of amides is 1. The Morgan fingerprint density at radius 3 is 2.51 bits per heavy atom. The number of rotatable bonds is 6. The zero-order valence-electron chi connectivity index (χ0n) is 20.8. The zero-order chi connectivity index (χ0) is 26.0. The molecule has 37 heavy (non-hydrogen) atoms. The smallest absolute Gasteiger partial charge is 0.256 e. The summed E-state index contributed by atoms with van der Waals surface area (Å²) >= 11 is 0. The van der Waals surface area contributed by atoms with Crippen LogP contribution in [0.4, 0.5) is 0 Å². The van der Waals surface area contributed by atoms with Crippen LogP contribution in [0, 0.1) is 0 Å². The number of hydrogen-bond donors (Lipinski definition) is 1. The van der Waals surface area contributed by atoms with Crippen LogP contribution in [0.25, 0.3) is 10.9 Å². The standard InChI is InChI=1S/C27H31N3O6S/c1-2-29-17-22(27(32)28-16-19-18-35-24-9-5-6-10-25(24)36-19)26(31)21-15-20(11-12-23(21)29)37(33,34)30-13-7-3-4-8-14-30/h5-6,9-12,15,17,19H,2-4,7-8,13-14,16,18H2,1H3,(H,28,32). The van der Waals surface area contributed by atoms with E-state index in [0.29, 0.717) is 36.6 Å². The van der Waals surface area contributed by atoms with Gasteiger partial charge in [0.05, 0.1) is 17.0 Å². The van der Waals surface area contributed by atoms with Gasteiger partial charge in [-0.1, -0.05) is 25.0 Å². The van der Waals surface area contributed by atoms with Crippen molar-refractivity contribution in [2.45, 2.75) is 50.2 Å². The largest absolute Gasteiger partial charge is 0.486 e. The SMILES string of the molecule is CCn1cc(C(=O)NCC2COc3ccccc3O2)c(=O)c2cc(S(=O)(=O)N3CCCCCC3)ccc21. The van der Waals surface area contributed by atoms with Gasteiger partial charge >= 0.3 is 0 Å². The summed E-state index contributed by atoms with van der Waals surface area (Å²) in [6.07, 6.45) is 4.78. The summed E-state index contributed by atoms with van der Waals surface area (Å²) in [7, 11) is -3.74. The number of sulfonamides is 1. The van der Waals surface area contributed by atoms with Gasteiger partial charge in [-0.25, -0.2) is 8.42 Å². The molecule has 1 fully saturated rings. The molecule has 1 amide bonds. The highest BCUT2D eigenvalue weighted by atomic mass is 32.2. The Morgan fingerprint density at radius 1 is 1.05 bits per heavy atom. The molecule has 1 saturated heterocycles. The molecule has 196 valence electrons. The summed E-state index contributed by atoms with van der Waals surface area (Å²) in [4.78, 5) is 26.6. The minimum Gasteiger partial charge on any atom is -0.486 e. The number of pyridine rings is 1. The average Bonchev–Trinajstić information content (AvgIpc) is 3.22. The van der Waals surface area contributed by atoms with Crippen LogP contribution < -0.4 is 20.2 Å². The van der Waals surface area contributed by atoms with Gasteiger partial charge < -0.3 is 19.4 Å². The van der Waals surface area contributed by atoms with E-state index >= 15 is 0 Å². The third-order valence-electron chi connectivity index (χ3n) is 6.90. The number of para-hydroxylation sites is 2. The second-order valence-corrected chi connectivity index (χ2v) is 11.3. The van der Waals surface area contributed by atoms with Crippen LogP contribution in [-0.4, -0.2) is 55.5 Å². The Kier molecular flexibility index (Phi) is 7.21. The highest BCUT2D eigenvalue weighted by Gasteiger charge is 2.27. The number of fused-ring (bicyclic) bond motifs is 2. The maximum Gasteiger partial charge on any atom is 0.256 e. The number of hydrogen-bond acceptors (Lipinski definition) is 6. The molecule has 0 bridgehead atoms. The van der Waals surface area contributed by atoms with E-state index in [2.05, 4.69) is 5.32 Å². The van der Waals surface area contributed by atoms with Gasteiger partial charge in [-0.05, 0) is 50.1 Å². The summed E-state index contributed by atoms with van der Waals surface area (Å²) in [5, 5.41) is 2.98. The topological polar surface area (TPSA) is 107 Å². The molecule has 3 heterocycles. The van der Waals surface area contributed by atoms with Crippen LogP contribution in [-0.2, 0) is 16.6 Å². The summed E-state index contributed by atoms with van der Waals surface area (Å²) in [6, 6.07) is 11.9. The molecule has 1 atom stereocenters. The Bertz CT molecular complexity index is 1480. The van der Waals surface area contributed by atoms with Crippen molar-refractivity contribution in [1.29, 1.82) is 0 Å². The first-order valence-electron chi connectivity index (χ1n) is 12.7. The Labute approximate surface area is 216 Å². The lowest BCUT2D eigenvalue weighted by atomic mass is 10.1. The molecule has 0 spiro atoms. The summed E-state index contributed by atoms with van der Waals surface area (Å²) in [5.41, 5.74) is 0.0339. The lowest BCUT2D eigenvalue weighted by molar-refractivity contribution is 0.0788. The molecule has 10 heteroatoms. The number of aromatic nitrogens is 1. The average molecular weight is 526 g/mol. The van der Waals surface area contributed by atoms with E-state index in [1.54, 1.807) is 22.8 Å². The van der Waals surface area contributed by atoms with E-state index < -0.39 is 27.5 Å². The Morgan fingerprint density at radius 2 is 1.78 bits per heavy atom. The predicted molar refractivity (Wildman–Crippen MR) is 140 cm³/mol. The number of benzene rings is 2. The van der Waals surface area contributed by atoms with Gasteiger partial charge in [0.2, 0.25) is 15.5 Å². The molecule has 0 saturated carbocycles. The van der Waals surface area contributed by atoms with Gasteiger partial charge in [-0.3, -0.25) is 9.59 Å². The lowest BCUT2D eigenvalue weighted by Gasteiger charge is -2.26. The van der Waals surface area contributed by atoms with Crippen LogP contribution in [0.1, 0.15) is 43.0 Å². The van der Waals surface area contributed by atoms with Gasteiger partial charge in [-0.15, -0.1) is 0 Å². The molecule has 2 aliphatic rings. The summed E-state index contributed by atoms with van der Waals surface area (Å²) in [6.45, 7) is 3.77. The number of ether oxygens (including phenoxy) is 2. The van der Waals surface area contributed by atoms with Gasteiger partial charge in [0.1, 0.15) is 18.3 Å². The van der Waals surface area contributed by atoms with Crippen LogP contribution >= 0.6 is 0 Å². The van der Waals surface area contributed by atoms with Crippen molar-refractivity contribution in [3.63, 3.8) is 0 Å². The van der Waals surface area contributed by atoms with E-state index in [9.17, 15) is 18.0 Å². The van der Waals surface area contributed by atoms with Crippen LogP contribution in [0.5, 0.6) is 11.5 Å². The Balaban J connectivity index is 1.41. The number of nitrogens with one attached hydrogen (secondary N) is 1. The van der Waals surface area contributed by atoms with Gasteiger partial charge in [0, 0.05) is 31.2 Å². The van der Waals surface area contributed by atoms with Crippen LogP contribution in [0.2, 0.25) is 0 Å². The highest BCUT2D eigenvalue weighted by Crippen LogP contribution is 2.30. The van der Waals surface area contributed by atoms with Crippen LogP contribution in [0.3, 0.4) is 0 Å². The minimum atomic E-state index is -3.74. The van der Waals surface area contributed by atoms with E-state index in [1.165, 1.54) is 16.6 Å². The molecule has 2 aliphatic heterocycles. The van der Waals surface area contributed by atoms with Crippen molar-refractivity contribution in [3.8, 4) is 11.5 Å². The van der Waals surface area contributed by atoms with E-state index in [4.69, 9.17) is 9.47 Å². The molecular weight excluding hydrogens is 494 g/mol. The quantitative estimate of drug-likeness (QED) is 0.530. The fraction of sp³-hybridized carbons (Fsp3) is 0.407. The summed E-state index contributed by atoms with van der Waals surface area (Å²) in [5.74, 6) is 0.707. The molecule has 5 rings (SSSR count). The minimum absolute atomic E-state index is 0.0456. The molecule has 3 aromatic rings. The predicted octanol–water partition coefficient (Wildman–Crippen LogP) is 3.16. The van der Waals surface area contributed by atoms with E-state index in [1.807, 2.05) is 25.1 Å².